The molecule has 0 spiro atoms. The maximum absolute atomic E-state index is 14.4. The number of esters is 1. The number of nitrogens with one attached hydrogen (secondary N) is 4. The van der Waals surface area contributed by atoms with Crippen LogP contribution in [0.2, 0.25) is 0 Å². The molecule has 5 aliphatic rings. The van der Waals surface area contributed by atoms with Crippen LogP contribution in [-0.2, 0) is 47.8 Å². The Morgan fingerprint density at radius 1 is 0.984 bits per heavy atom. The first-order chi connectivity index (χ1) is 28.7. The molecule has 0 aromatic heterocycles. The van der Waals surface area contributed by atoms with Crippen LogP contribution >= 0.6 is 23.4 Å². The number of hydrogen-bond acceptors (Lipinski definition) is 13. The Morgan fingerprint density at radius 2 is 1.66 bits per heavy atom. The normalized spacial score (nSPS) is 32.1. The third kappa shape index (κ3) is 9.03. The molecule has 1 heterocycles. The highest BCUT2D eigenvalue weighted by molar-refractivity contribution is 7.99. The van der Waals surface area contributed by atoms with Gasteiger partial charge in [0.05, 0.1) is 16.9 Å². The lowest BCUT2D eigenvalue weighted by atomic mass is 9.45. The first kappa shape index (κ1) is 47.5. The van der Waals surface area contributed by atoms with Gasteiger partial charge in [-0.3, -0.25) is 43.3 Å². The lowest BCUT2D eigenvalue weighted by Crippen LogP contribution is -2.69. The van der Waals surface area contributed by atoms with Crippen LogP contribution in [0.1, 0.15) is 80.1 Å². The maximum atomic E-state index is 14.4. The summed E-state index contributed by atoms with van der Waals surface area (Å²) in [5.74, 6) is -4.61. The molecule has 61 heavy (non-hydrogen) atoms. The fraction of sp³-hybridized carbons (Fsp3) is 0.643. The molecule has 5 N–H and O–H groups in total. The van der Waals surface area contributed by atoms with Gasteiger partial charge in [-0.25, -0.2) is 4.79 Å². The van der Waals surface area contributed by atoms with E-state index in [0.717, 1.165) is 22.6 Å². The van der Waals surface area contributed by atoms with E-state index >= 15 is 0 Å². The van der Waals surface area contributed by atoms with E-state index < -0.39 is 99.4 Å². The average molecular weight is 890 g/mol. The van der Waals surface area contributed by atoms with Crippen LogP contribution < -0.4 is 21.3 Å². The number of Topliss-reactive ketones (excluding diaryl/α,β-unsaturated/α-hetero) is 1. The summed E-state index contributed by atoms with van der Waals surface area (Å²) in [6.07, 6.45) is 6.53. The van der Waals surface area contributed by atoms with Gasteiger partial charge in [-0.1, -0.05) is 39.3 Å². The second-order valence-corrected chi connectivity index (χ2v) is 18.6. The number of allylic oxidation sites excluding steroid dienone is 4. The molecule has 0 unspecified atom stereocenters. The number of ketones is 2. The van der Waals surface area contributed by atoms with Gasteiger partial charge in [0.15, 0.2) is 18.0 Å². The Balaban J connectivity index is 1.07. The minimum Gasteiger partial charge on any atom is -0.450 e. The maximum Gasteiger partial charge on any atom is 0.407 e. The number of amides is 6. The fourth-order valence-electron chi connectivity index (χ4n) is 10.2. The Bertz CT molecular complexity index is 1920. The van der Waals surface area contributed by atoms with Crippen LogP contribution in [0.3, 0.4) is 0 Å². The molecule has 0 radical (unpaired) electrons. The number of halogens is 1. The fourth-order valence-corrected chi connectivity index (χ4v) is 11.3. The summed E-state index contributed by atoms with van der Waals surface area (Å²) >= 11 is 8.83. The molecule has 17 nitrogen and oxygen atoms in total. The zero-order valence-corrected chi connectivity index (χ0v) is 36.9. The Morgan fingerprint density at radius 3 is 2.33 bits per heavy atom. The van der Waals surface area contributed by atoms with E-state index in [9.17, 15) is 48.3 Å². The van der Waals surface area contributed by atoms with Gasteiger partial charge in [-0.15, -0.1) is 23.4 Å². The van der Waals surface area contributed by atoms with Gasteiger partial charge in [0, 0.05) is 60.6 Å². The lowest BCUT2D eigenvalue weighted by Gasteiger charge is -2.64. The molecule has 0 aromatic carbocycles. The van der Waals surface area contributed by atoms with Crippen LogP contribution in [0, 0.1) is 28.6 Å². The predicted molar refractivity (Wildman–Crippen MR) is 222 cm³/mol. The standard InChI is InChI=1S/C42H56ClN5O12S/c1-7-35(55)60-42(23(2)18-29-28-9-8-26-19-27(49)12-14-39(26,5)41(28,43)30(50)20-40(29,42)6)31(51)21-59-38(58)44-15-17-61-22-45-36(56)24(3)47-37(57)25(4)46-32(52)13-16-48-33(53)10-11-34(48)54/h10-12,14,19,23-25,28-30,50H,7-9,13,15-18,20-22H2,1-6H3,(H,44,58)(H,45,56)(H,46,52)(H,47,57)/t23-,24+,25+,28+,29+,30+,39+,40+,41+,42+/m1/s1. The van der Waals surface area contributed by atoms with E-state index in [1.807, 2.05) is 20.8 Å². The second-order valence-electron chi connectivity index (χ2n) is 16.9. The molecule has 6 amide bonds. The predicted octanol–water partition coefficient (Wildman–Crippen LogP) is 1.99. The van der Waals surface area contributed by atoms with Gasteiger partial charge < -0.3 is 35.8 Å². The number of fused-ring (bicyclic) bond motifs is 5. The number of carbonyl (C=O) groups excluding carboxylic acids is 9. The number of nitrogens with zero attached hydrogens (tertiary/aromatic N) is 1. The second kappa shape index (κ2) is 18.8. The van der Waals surface area contributed by atoms with E-state index in [1.54, 1.807) is 19.1 Å². The first-order valence-electron chi connectivity index (χ1n) is 20.6. The molecule has 0 saturated heterocycles. The van der Waals surface area contributed by atoms with Crippen LogP contribution in [0.15, 0.2) is 36.0 Å². The van der Waals surface area contributed by atoms with Crippen molar-refractivity contribution in [1.29, 1.82) is 0 Å². The summed E-state index contributed by atoms with van der Waals surface area (Å²) < 4.78 is 11.5. The number of imide groups is 1. The minimum atomic E-state index is -1.72. The van der Waals surface area contributed by atoms with Crippen molar-refractivity contribution >= 4 is 76.5 Å². The number of aliphatic hydroxyl groups excluding tert-OH is 1. The van der Waals surface area contributed by atoms with Crippen LogP contribution in [0.4, 0.5) is 4.79 Å². The van der Waals surface area contributed by atoms with Crippen LogP contribution in [0.5, 0.6) is 0 Å². The molecule has 334 valence electrons. The van der Waals surface area contributed by atoms with Gasteiger partial charge >= 0.3 is 12.1 Å². The van der Waals surface area contributed by atoms with E-state index in [1.165, 1.54) is 31.7 Å². The molecule has 19 heteroatoms. The van der Waals surface area contributed by atoms with Gasteiger partial charge in [0.2, 0.25) is 23.5 Å². The largest absolute Gasteiger partial charge is 0.450 e. The van der Waals surface area contributed by atoms with Crippen molar-refractivity contribution in [3.8, 4) is 0 Å². The van der Waals surface area contributed by atoms with E-state index in [2.05, 4.69) is 21.3 Å². The Kier molecular flexibility index (Phi) is 14.7. The molecular formula is C42H56ClN5O12S. The number of carbonyl (C=O) groups is 9. The van der Waals surface area contributed by atoms with E-state index in [0.29, 0.717) is 25.0 Å². The smallest absolute Gasteiger partial charge is 0.407 e. The molecule has 3 fully saturated rings. The molecule has 4 aliphatic carbocycles. The summed E-state index contributed by atoms with van der Waals surface area (Å²) in [6, 6.07) is -1.95. The lowest BCUT2D eigenvalue weighted by molar-refractivity contribution is -0.202. The number of alkyl carbamates (subject to hydrolysis) is 1. The van der Waals surface area contributed by atoms with Crippen molar-refractivity contribution in [3.63, 3.8) is 0 Å². The van der Waals surface area contributed by atoms with E-state index in [4.69, 9.17) is 21.1 Å². The van der Waals surface area contributed by atoms with Gasteiger partial charge in [-0.05, 0) is 63.5 Å². The number of rotatable bonds is 17. The average Bonchev–Trinajstić information content (AvgIpc) is 3.64. The molecule has 10 atom stereocenters. The number of aliphatic hydroxyl groups is 1. The minimum absolute atomic E-state index is 0.000468. The van der Waals surface area contributed by atoms with Gasteiger partial charge in [0.25, 0.3) is 11.8 Å². The zero-order chi connectivity index (χ0) is 45.1. The van der Waals surface area contributed by atoms with Crippen molar-refractivity contribution in [1.82, 2.24) is 26.2 Å². The molecule has 0 bridgehead atoms. The summed E-state index contributed by atoms with van der Waals surface area (Å²) in [7, 11) is 0. The van der Waals surface area contributed by atoms with Gasteiger partial charge in [0.1, 0.15) is 12.1 Å². The van der Waals surface area contributed by atoms with E-state index in [-0.39, 0.29) is 55.8 Å². The van der Waals surface area contributed by atoms with Crippen molar-refractivity contribution in [2.45, 2.75) is 109 Å². The third-order valence-electron chi connectivity index (χ3n) is 13.3. The topological polar surface area (TPSA) is 244 Å². The molecule has 3 saturated carbocycles. The van der Waals surface area contributed by atoms with Crippen molar-refractivity contribution < 1.29 is 57.7 Å². The number of ether oxygens (including phenoxy) is 2. The third-order valence-corrected chi connectivity index (χ3v) is 15.1. The Hall–Kier alpha value is -4.55. The zero-order valence-electron chi connectivity index (χ0n) is 35.3. The summed E-state index contributed by atoms with van der Waals surface area (Å²) in [5, 5.41) is 22.2. The van der Waals surface area contributed by atoms with Crippen LogP contribution in [0.25, 0.3) is 0 Å². The molecule has 5 rings (SSSR count). The van der Waals surface area contributed by atoms with Crippen molar-refractivity contribution in [3.05, 3.63) is 36.0 Å². The van der Waals surface area contributed by atoms with Crippen molar-refractivity contribution in [2.75, 3.05) is 31.3 Å². The summed E-state index contributed by atoms with van der Waals surface area (Å²) in [5.41, 5.74) is -2.72. The number of hydrogen-bond donors (Lipinski definition) is 5. The number of thioether (sulfide) groups is 1. The monoisotopic (exact) mass is 889 g/mol. The highest BCUT2D eigenvalue weighted by Gasteiger charge is 2.76. The molecule has 1 aliphatic heterocycles. The van der Waals surface area contributed by atoms with Crippen molar-refractivity contribution in [2.24, 2.45) is 28.6 Å². The summed E-state index contributed by atoms with van der Waals surface area (Å²) in [6.45, 7) is 9.43. The first-order valence-corrected chi connectivity index (χ1v) is 22.1. The Labute approximate surface area is 363 Å². The van der Waals surface area contributed by atoms with Gasteiger partial charge in [-0.2, -0.15) is 0 Å². The quantitative estimate of drug-likeness (QED) is 0.0462. The summed E-state index contributed by atoms with van der Waals surface area (Å²) in [4.78, 5) is 113. The molecular weight excluding hydrogens is 834 g/mol. The molecule has 0 aromatic rings. The SMILES string of the molecule is CCC(=O)O[C@]1(C(=O)COC(=O)NCCSCNC(=O)[C@H](C)NC(=O)[C@H](C)NC(=O)CCN2C(=O)C=CC2=O)[C@H](C)C[C@H]2[C@@H]3CCC4=CC(=O)C=C[C@]4(C)[C@@]3(Cl)[C@@H](O)C[C@@]21C. The van der Waals surface area contributed by atoms with Crippen LogP contribution in [-0.4, -0.2) is 123 Å². The highest BCUT2D eigenvalue weighted by atomic mass is 35.5. The number of alkyl halides is 1. The highest BCUT2D eigenvalue weighted by Crippen LogP contribution is 2.72.